The summed E-state index contributed by atoms with van der Waals surface area (Å²) >= 11 is 7.99. The molecule has 0 aliphatic carbocycles. The average Bonchev–Trinajstić information content (AvgIpc) is 3.00. The minimum atomic E-state index is 0.623. The van der Waals surface area contributed by atoms with E-state index in [1.54, 1.807) is 11.8 Å². The summed E-state index contributed by atoms with van der Waals surface area (Å²) in [4.78, 5) is 4.68. The summed E-state index contributed by atoms with van der Waals surface area (Å²) in [6.07, 6.45) is 0. The number of imidazole rings is 1. The minimum absolute atomic E-state index is 0.623. The van der Waals surface area contributed by atoms with Gasteiger partial charge in [0.1, 0.15) is 6.07 Å². The molecule has 0 bridgehead atoms. The average molecular weight is 364 g/mol. The Kier molecular flexibility index (Phi) is 4.12. The molecule has 0 aliphatic rings. The summed E-state index contributed by atoms with van der Waals surface area (Å²) in [6.45, 7) is 1.96. The van der Waals surface area contributed by atoms with Crippen molar-refractivity contribution in [2.45, 2.75) is 17.7 Å². The topological polar surface area (TPSA) is 41.1 Å². The second kappa shape index (κ2) is 6.44. The van der Waals surface area contributed by atoms with Crippen LogP contribution in [-0.2, 0) is 5.75 Å². The Morgan fingerprint density at radius 2 is 1.92 bits per heavy atom. The van der Waals surface area contributed by atoms with E-state index in [-0.39, 0.29) is 0 Å². The number of nitriles is 1. The van der Waals surface area contributed by atoms with Crippen molar-refractivity contribution in [3.05, 3.63) is 76.3 Å². The molecule has 0 amide bonds. The molecule has 25 heavy (non-hydrogen) atoms. The Bertz CT molecular complexity index is 1140. The molecule has 2 aromatic heterocycles. The summed E-state index contributed by atoms with van der Waals surface area (Å²) in [5.41, 5.74) is 5.27. The molecule has 122 valence electrons. The van der Waals surface area contributed by atoms with Crippen molar-refractivity contribution in [3.8, 4) is 6.07 Å². The molecule has 2 aromatic carbocycles. The molecule has 0 radical (unpaired) electrons. The van der Waals surface area contributed by atoms with Crippen LogP contribution in [0.4, 0.5) is 0 Å². The van der Waals surface area contributed by atoms with Gasteiger partial charge in [-0.1, -0.05) is 41.9 Å². The van der Waals surface area contributed by atoms with Crippen LogP contribution in [-0.4, -0.2) is 9.38 Å². The fourth-order valence-electron chi connectivity index (χ4n) is 2.93. The molecule has 4 aromatic rings. The maximum atomic E-state index is 9.55. The highest BCUT2D eigenvalue weighted by atomic mass is 35.5. The highest BCUT2D eigenvalue weighted by molar-refractivity contribution is 7.98. The number of nitrogens with zero attached hydrogens (tertiary/aromatic N) is 3. The number of fused-ring (bicyclic) bond motifs is 3. The standard InChI is InChI=1S/C20H14ClN3S/c1-13-10-19(25-12-14-6-2-3-7-16(14)21)24-18-9-5-4-8-17(18)23-20(24)15(13)11-22/h2-10H,12H2,1H3. The van der Waals surface area contributed by atoms with Gasteiger partial charge in [0.2, 0.25) is 0 Å². The molecular formula is C20H14ClN3S. The molecule has 0 fully saturated rings. The smallest absolute Gasteiger partial charge is 0.157 e. The number of hydrogen-bond acceptors (Lipinski definition) is 3. The van der Waals surface area contributed by atoms with Gasteiger partial charge in [-0.05, 0) is 42.3 Å². The molecule has 0 aliphatic heterocycles. The van der Waals surface area contributed by atoms with Gasteiger partial charge in [-0.2, -0.15) is 5.26 Å². The van der Waals surface area contributed by atoms with E-state index in [0.717, 1.165) is 38.0 Å². The number of thioether (sulfide) groups is 1. The maximum absolute atomic E-state index is 9.55. The fraction of sp³-hybridized carbons (Fsp3) is 0.100. The maximum Gasteiger partial charge on any atom is 0.157 e. The number of aromatic nitrogens is 2. The third kappa shape index (κ3) is 2.76. The fourth-order valence-corrected chi connectivity index (χ4v) is 4.34. The van der Waals surface area contributed by atoms with E-state index in [4.69, 9.17) is 11.6 Å². The van der Waals surface area contributed by atoms with Crippen LogP contribution in [0.3, 0.4) is 0 Å². The van der Waals surface area contributed by atoms with E-state index in [1.165, 1.54) is 0 Å². The number of rotatable bonds is 3. The first kappa shape index (κ1) is 16.0. The number of hydrogen-bond donors (Lipinski definition) is 0. The molecule has 3 nitrogen and oxygen atoms in total. The first-order chi connectivity index (χ1) is 12.2. The number of aryl methyl sites for hydroxylation is 1. The Balaban J connectivity index is 1.89. The molecule has 0 saturated carbocycles. The van der Waals surface area contributed by atoms with Gasteiger partial charge in [0.15, 0.2) is 5.65 Å². The van der Waals surface area contributed by atoms with Gasteiger partial charge >= 0.3 is 0 Å². The molecular weight excluding hydrogens is 350 g/mol. The van der Waals surface area contributed by atoms with Crippen LogP contribution in [0, 0.1) is 18.3 Å². The second-order valence-corrected chi connectivity index (χ2v) is 7.19. The van der Waals surface area contributed by atoms with Crippen molar-refractivity contribution in [1.82, 2.24) is 9.38 Å². The molecule has 2 heterocycles. The van der Waals surface area contributed by atoms with Gasteiger partial charge < -0.3 is 0 Å². The van der Waals surface area contributed by atoms with E-state index < -0.39 is 0 Å². The van der Waals surface area contributed by atoms with Crippen LogP contribution < -0.4 is 0 Å². The second-order valence-electron chi connectivity index (χ2n) is 5.79. The summed E-state index contributed by atoms with van der Waals surface area (Å²) in [5, 5.41) is 11.4. The lowest BCUT2D eigenvalue weighted by molar-refractivity contribution is 1.04. The van der Waals surface area contributed by atoms with Crippen LogP contribution in [0.1, 0.15) is 16.7 Å². The predicted octanol–water partition coefficient (Wildman–Crippen LogP) is 5.61. The highest BCUT2D eigenvalue weighted by Gasteiger charge is 2.15. The molecule has 0 saturated heterocycles. The number of benzene rings is 2. The molecule has 0 spiro atoms. The monoisotopic (exact) mass is 363 g/mol. The molecule has 4 rings (SSSR count). The highest BCUT2D eigenvalue weighted by Crippen LogP contribution is 2.32. The minimum Gasteiger partial charge on any atom is -0.286 e. The zero-order valence-electron chi connectivity index (χ0n) is 13.5. The Labute approximate surface area is 154 Å². The predicted molar refractivity (Wildman–Crippen MR) is 103 cm³/mol. The number of pyridine rings is 1. The summed E-state index contributed by atoms with van der Waals surface area (Å²) in [7, 11) is 0. The van der Waals surface area contributed by atoms with Crippen LogP contribution in [0.25, 0.3) is 16.7 Å². The van der Waals surface area contributed by atoms with Gasteiger partial charge in [0.25, 0.3) is 0 Å². The summed E-state index contributed by atoms with van der Waals surface area (Å²) in [5.74, 6) is 0.757. The number of halogens is 1. The lowest BCUT2D eigenvalue weighted by atomic mass is 10.2. The Hall–Kier alpha value is -2.48. The van der Waals surface area contributed by atoms with Crippen molar-refractivity contribution >= 4 is 40.0 Å². The van der Waals surface area contributed by atoms with Gasteiger partial charge in [0, 0.05) is 10.8 Å². The molecule has 0 atom stereocenters. The quantitative estimate of drug-likeness (QED) is 0.444. The first-order valence-electron chi connectivity index (χ1n) is 7.86. The first-order valence-corrected chi connectivity index (χ1v) is 9.22. The molecule has 5 heteroatoms. The van der Waals surface area contributed by atoms with E-state index in [2.05, 4.69) is 21.5 Å². The van der Waals surface area contributed by atoms with Gasteiger partial charge in [-0.15, -0.1) is 11.8 Å². The van der Waals surface area contributed by atoms with E-state index in [0.29, 0.717) is 11.2 Å². The third-order valence-corrected chi connectivity index (χ3v) is 5.60. The zero-order valence-corrected chi connectivity index (χ0v) is 15.1. The SMILES string of the molecule is Cc1cc(SCc2ccccc2Cl)n2c(nc3ccccc32)c1C#N. The molecule has 0 unspecified atom stereocenters. The van der Waals surface area contributed by atoms with Gasteiger partial charge in [0.05, 0.1) is 21.6 Å². The van der Waals surface area contributed by atoms with Crippen LogP contribution in [0.5, 0.6) is 0 Å². The summed E-state index contributed by atoms with van der Waals surface area (Å²) in [6, 6.07) is 20.2. The lowest BCUT2D eigenvalue weighted by Gasteiger charge is -2.10. The van der Waals surface area contributed by atoms with E-state index >= 15 is 0 Å². The van der Waals surface area contributed by atoms with Gasteiger partial charge in [-0.25, -0.2) is 4.98 Å². The van der Waals surface area contributed by atoms with Crippen LogP contribution in [0.2, 0.25) is 5.02 Å². The third-order valence-electron chi connectivity index (χ3n) is 4.18. The molecule has 0 N–H and O–H groups in total. The van der Waals surface area contributed by atoms with E-state index in [1.807, 2.05) is 55.5 Å². The number of para-hydroxylation sites is 2. The Morgan fingerprint density at radius 1 is 1.16 bits per heavy atom. The van der Waals surface area contributed by atoms with Crippen LogP contribution >= 0.6 is 23.4 Å². The van der Waals surface area contributed by atoms with Gasteiger partial charge in [-0.3, -0.25) is 4.40 Å². The largest absolute Gasteiger partial charge is 0.286 e. The van der Waals surface area contributed by atoms with Crippen molar-refractivity contribution in [3.63, 3.8) is 0 Å². The van der Waals surface area contributed by atoms with E-state index in [9.17, 15) is 5.26 Å². The normalized spacial score (nSPS) is 11.1. The summed E-state index contributed by atoms with van der Waals surface area (Å²) < 4.78 is 2.07. The lowest BCUT2D eigenvalue weighted by Crippen LogP contribution is -1.97. The van der Waals surface area contributed by atoms with Crippen LogP contribution in [0.15, 0.2) is 59.6 Å². The van der Waals surface area contributed by atoms with Crippen molar-refractivity contribution in [2.24, 2.45) is 0 Å². The van der Waals surface area contributed by atoms with Crippen molar-refractivity contribution in [2.75, 3.05) is 0 Å². The van der Waals surface area contributed by atoms with Crippen molar-refractivity contribution in [1.29, 1.82) is 5.26 Å². The van der Waals surface area contributed by atoms with Crippen molar-refractivity contribution < 1.29 is 0 Å². The Morgan fingerprint density at radius 3 is 2.72 bits per heavy atom. The zero-order chi connectivity index (χ0) is 17.4.